The van der Waals surface area contributed by atoms with Gasteiger partial charge in [-0.15, -0.1) is 0 Å². The molecule has 0 spiro atoms. The van der Waals surface area contributed by atoms with Gasteiger partial charge in [-0.05, 0) is 26.8 Å². The molecule has 0 saturated carbocycles. The summed E-state index contributed by atoms with van der Waals surface area (Å²) in [7, 11) is 0. The molecule has 2 heterocycles. The summed E-state index contributed by atoms with van der Waals surface area (Å²) in [6.07, 6.45) is 2.89. The van der Waals surface area contributed by atoms with Crippen LogP contribution in [0.25, 0.3) is 0 Å². The molecule has 1 aromatic heterocycles. The van der Waals surface area contributed by atoms with Crippen molar-refractivity contribution >= 4 is 6.09 Å². The van der Waals surface area contributed by atoms with Gasteiger partial charge in [0.05, 0.1) is 12.2 Å². The number of rotatable bonds is 1. The second kappa shape index (κ2) is 4.24. The van der Waals surface area contributed by atoms with Gasteiger partial charge in [0.2, 0.25) is 0 Å². The third kappa shape index (κ3) is 2.87. The van der Waals surface area contributed by atoms with Crippen LogP contribution < -0.4 is 10.1 Å². The van der Waals surface area contributed by atoms with E-state index in [9.17, 15) is 4.79 Å². The topological polar surface area (TPSA) is 60.5 Å². The molecule has 1 aliphatic rings. The summed E-state index contributed by atoms with van der Waals surface area (Å²) in [6, 6.07) is 1.67. The fourth-order valence-electron chi connectivity index (χ4n) is 1.63. The number of hydrogen-bond donors (Lipinski definition) is 1. The molecule has 0 radical (unpaired) electrons. The Balaban J connectivity index is 2.00. The van der Waals surface area contributed by atoms with E-state index >= 15 is 0 Å². The summed E-state index contributed by atoms with van der Waals surface area (Å²) in [5.74, 6) is 0.716. The average molecular weight is 236 g/mol. The van der Waals surface area contributed by atoms with Crippen molar-refractivity contribution in [3.05, 3.63) is 24.0 Å². The van der Waals surface area contributed by atoms with Crippen molar-refractivity contribution in [2.24, 2.45) is 0 Å². The van der Waals surface area contributed by atoms with Crippen molar-refractivity contribution in [3.63, 3.8) is 0 Å². The molecule has 0 saturated heterocycles. The van der Waals surface area contributed by atoms with E-state index in [4.69, 9.17) is 9.47 Å². The minimum Gasteiger partial charge on any atom is -0.489 e. The molecule has 1 aromatic rings. The molecule has 0 aromatic carbocycles. The highest BCUT2D eigenvalue weighted by Crippen LogP contribution is 2.30. The van der Waals surface area contributed by atoms with Gasteiger partial charge in [0.1, 0.15) is 18.0 Å². The molecule has 1 N–H and O–H groups in total. The van der Waals surface area contributed by atoms with Crippen LogP contribution in [0.5, 0.6) is 5.75 Å². The Bertz CT molecular complexity index is 426. The SMILES string of the molecule is CC(C)(C)OC(=O)NC1COc2cnccc21. The second-order valence-electron chi connectivity index (χ2n) is 4.92. The molecule has 0 bridgehead atoms. The fraction of sp³-hybridized carbons (Fsp3) is 0.500. The van der Waals surface area contributed by atoms with Crippen molar-refractivity contribution in [2.45, 2.75) is 32.4 Å². The van der Waals surface area contributed by atoms with Crippen LogP contribution in [0.1, 0.15) is 32.4 Å². The number of fused-ring (bicyclic) bond motifs is 1. The zero-order chi connectivity index (χ0) is 12.5. The number of hydrogen-bond acceptors (Lipinski definition) is 4. The zero-order valence-electron chi connectivity index (χ0n) is 10.2. The van der Waals surface area contributed by atoms with Crippen molar-refractivity contribution in [3.8, 4) is 5.75 Å². The zero-order valence-corrected chi connectivity index (χ0v) is 10.2. The number of carbonyl (C=O) groups is 1. The number of aromatic nitrogens is 1. The number of alkyl carbamates (subject to hydrolysis) is 1. The first-order valence-corrected chi connectivity index (χ1v) is 5.52. The second-order valence-corrected chi connectivity index (χ2v) is 4.92. The van der Waals surface area contributed by atoms with Gasteiger partial charge in [0, 0.05) is 11.8 Å². The van der Waals surface area contributed by atoms with Gasteiger partial charge >= 0.3 is 6.09 Å². The van der Waals surface area contributed by atoms with E-state index in [1.165, 1.54) is 0 Å². The van der Waals surface area contributed by atoms with E-state index in [0.29, 0.717) is 12.4 Å². The predicted molar refractivity (Wildman–Crippen MR) is 61.8 cm³/mol. The Morgan fingerprint density at radius 3 is 3.06 bits per heavy atom. The molecule has 0 fully saturated rings. The summed E-state index contributed by atoms with van der Waals surface area (Å²) in [5.41, 5.74) is 0.441. The third-order valence-electron chi connectivity index (χ3n) is 2.29. The first-order chi connectivity index (χ1) is 7.96. The van der Waals surface area contributed by atoms with Crippen LogP contribution >= 0.6 is 0 Å². The van der Waals surface area contributed by atoms with E-state index in [0.717, 1.165) is 5.56 Å². The minimum atomic E-state index is -0.495. The molecule has 17 heavy (non-hydrogen) atoms. The average Bonchev–Trinajstić information content (AvgIpc) is 2.59. The highest BCUT2D eigenvalue weighted by molar-refractivity contribution is 5.68. The van der Waals surface area contributed by atoms with Gasteiger partial charge in [0.15, 0.2) is 0 Å². The van der Waals surface area contributed by atoms with Crippen LogP contribution in [0.15, 0.2) is 18.5 Å². The van der Waals surface area contributed by atoms with Crippen molar-refractivity contribution in [1.29, 1.82) is 0 Å². The lowest BCUT2D eigenvalue weighted by Crippen LogP contribution is -2.35. The van der Waals surface area contributed by atoms with Crippen LogP contribution in [-0.2, 0) is 4.74 Å². The Morgan fingerprint density at radius 1 is 1.59 bits per heavy atom. The minimum absolute atomic E-state index is 0.164. The van der Waals surface area contributed by atoms with Crippen molar-refractivity contribution in [2.75, 3.05) is 6.61 Å². The molecule has 2 rings (SSSR count). The largest absolute Gasteiger partial charge is 0.489 e. The molecule has 1 aliphatic heterocycles. The Hall–Kier alpha value is -1.78. The third-order valence-corrected chi connectivity index (χ3v) is 2.29. The molecular formula is C12H16N2O3. The highest BCUT2D eigenvalue weighted by atomic mass is 16.6. The summed E-state index contributed by atoms with van der Waals surface area (Å²) in [6.45, 7) is 5.90. The van der Waals surface area contributed by atoms with Gasteiger partial charge in [0.25, 0.3) is 0 Å². The van der Waals surface area contributed by atoms with Crippen LogP contribution in [0, 0.1) is 0 Å². The molecule has 1 atom stereocenters. The maximum atomic E-state index is 11.6. The summed E-state index contributed by atoms with van der Waals surface area (Å²) in [5, 5.41) is 2.78. The van der Waals surface area contributed by atoms with E-state index < -0.39 is 11.7 Å². The van der Waals surface area contributed by atoms with Crippen LogP contribution in [0.2, 0.25) is 0 Å². The molecule has 1 amide bonds. The number of nitrogens with one attached hydrogen (secondary N) is 1. The molecular weight excluding hydrogens is 220 g/mol. The lowest BCUT2D eigenvalue weighted by molar-refractivity contribution is 0.0497. The predicted octanol–water partition coefficient (Wildman–Crippen LogP) is 2.04. The first-order valence-electron chi connectivity index (χ1n) is 5.52. The van der Waals surface area contributed by atoms with Gasteiger partial charge in [-0.3, -0.25) is 4.98 Å². The molecule has 5 heteroatoms. The Kier molecular flexibility index (Phi) is 2.92. The van der Waals surface area contributed by atoms with E-state index in [-0.39, 0.29) is 6.04 Å². The van der Waals surface area contributed by atoms with Crippen LogP contribution in [0.3, 0.4) is 0 Å². The van der Waals surface area contributed by atoms with Gasteiger partial charge in [-0.25, -0.2) is 4.79 Å². The van der Waals surface area contributed by atoms with Crippen molar-refractivity contribution < 1.29 is 14.3 Å². The number of amides is 1. The lowest BCUT2D eigenvalue weighted by atomic mass is 10.1. The fourth-order valence-corrected chi connectivity index (χ4v) is 1.63. The lowest BCUT2D eigenvalue weighted by Gasteiger charge is -2.21. The summed E-state index contributed by atoms with van der Waals surface area (Å²) >= 11 is 0. The van der Waals surface area contributed by atoms with Gasteiger partial charge in [-0.2, -0.15) is 0 Å². The molecule has 1 unspecified atom stereocenters. The highest BCUT2D eigenvalue weighted by Gasteiger charge is 2.27. The standard InChI is InChI=1S/C12H16N2O3/c1-12(2,3)17-11(15)14-9-7-16-10-6-13-5-4-8(9)10/h4-6,9H,7H2,1-3H3,(H,14,15). The maximum Gasteiger partial charge on any atom is 0.408 e. The summed E-state index contributed by atoms with van der Waals surface area (Å²) < 4.78 is 10.6. The Morgan fingerprint density at radius 2 is 2.35 bits per heavy atom. The first kappa shape index (κ1) is 11.7. The monoisotopic (exact) mass is 236 g/mol. The molecule has 92 valence electrons. The Labute approximate surface area is 100 Å². The van der Waals surface area contributed by atoms with Crippen LogP contribution in [0.4, 0.5) is 4.79 Å². The quantitative estimate of drug-likeness (QED) is 0.810. The van der Waals surface area contributed by atoms with E-state index in [2.05, 4.69) is 10.3 Å². The normalized spacial score (nSPS) is 18.2. The van der Waals surface area contributed by atoms with E-state index in [1.807, 2.05) is 26.8 Å². The number of pyridine rings is 1. The van der Waals surface area contributed by atoms with Crippen LogP contribution in [-0.4, -0.2) is 23.3 Å². The van der Waals surface area contributed by atoms with E-state index in [1.54, 1.807) is 12.4 Å². The smallest absolute Gasteiger partial charge is 0.408 e. The molecule has 0 aliphatic carbocycles. The number of nitrogens with zero attached hydrogens (tertiary/aromatic N) is 1. The van der Waals surface area contributed by atoms with Crippen molar-refractivity contribution in [1.82, 2.24) is 10.3 Å². The number of ether oxygens (including phenoxy) is 2. The summed E-state index contributed by atoms with van der Waals surface area (Å²) in [4.78, 5) is 15.6. The molecule has 5 nitrogen and oxygen atoms in total. The van der Waals surface area contributed by atoms with Gasteiger partial charge < -0.3 is 14.8 Å². The van der Waals surface area contributed by atoms with Gasteiger partial charge in [-0.1, -0.05) is 0 Å². The number of carbonyl (C=O) groups excluding carboxylic acids is 1. The maximum absolute atomic E-state index is 11.6.